The summed E-state index contributed by atoms with van der Waals surface area (Å²) in [5.41, 5.74) is 2.69. The first-order valence-corrected chi connectivity index (χ1v) is 8.87. The van der Waals surface area contributed by atoms with Crippen LogP contribution in [0.3, 0.4) is 0 Å². The Hall–Kier alpha value is -1.69. The van der Waals surface area contributed by atoms with Gasteiger partial charge in [0.25, 0.3) is 0 Å². The van der Waals surface area contributed by atoms with Crippen LogP contribution >= 0.6 is 0 Å². The molecule has 2 atom stereocenters. The summed E-state index contributed by atoms with van der Waals surface area (Å²) < 4.78 is 8.04. The second kappa shape index (κ2) is 8.97. The number of nitrogens with zero attached hydrogens (tertiary/aromatic N) is 2. The number of benzene rings is 1. The highest BCUT2D eigenvalue weighted by molar-refractivity contribution is 5.31. The highest BCUT2D eigenvalue weighted by Crippen LogP contribution is 2.32. The second-order valence-corrected chi connectivity index (χ2v) is 6.43. The Morgan fingerprint density at radius 2 is 2.29 bits per heavy atom. The minimum atomic E-state index is -0.465. The fourth-order valence-corrected chi connectivity index (χ4v) is 3.24. The van der Waals surface area contributed by atoms with Crippen LogP contribution in [-0.4, -0.2) is 40.5 Å². The van der Waals surface area contributed by atoms with E-state index in [4.69, 9.17) is 4.74 Å². The van der Waals surface area contributed by atoms with E-state index >= 15 is 0 Å². The van der Waals surface area contributed by atoms with Gasteiger partial charge in [0.1, 0.15) is 0 Å². The van der Waals surface area contributed by atoms with Gasteiger partial charge < -0.3 is 19.7 Å². The molecule has 1 heterocycles. The summed E-state index contributed by atoms with van der Waals surface area (Å²) in [5.74, 6) is 0. The number of aromatic nitrogens is 2. The van der Waals surface area contributed by atoms with E-state index in [0.717, 1.165) is 38.8 Å². The van der Waals surface area contributed by atoms with Gasteiger partial charge >= 0.3 is 0 Å². The van der Waals surface area contributed by atoms with Crippen molar-refractivity contribution in [1.82, 2.24) is 14.9 Å². The fourth-order valence-electron chi connectivity index (χ4n) is 3.24. The lowest BCUT2D eigenvalue weighted by Crippen LogP contribution is -2.32. The van der Waals surface area contributed by atoms with Gasteiger partial charge in [0.2, 0.25) is 0 Å². The van der Waals surface area contributed by atoms with Gasteiger partial charge in [0.05, 0.1) is 25.1 Å². The number of aliphatic hydroxyl groups is 1. The first-order chi connectivity index (χ1) is 11.8. The van der Waals surface area contributed by atoms with Crippen molar-refractivity contribution in [1.29, 1.82) is 0 Å². The average Bonchev–Trinajstić information content (AvgIpc) is 3.13. The maximum absolute atomic E-state index is 10.1. The van der Waals surface area contributed by atoms with Crippen LogP contribution in [0.2, 0.25) is 0 Å². The predicted molar refractivity (Wildman–Crippen MR) is 93.8 cm³/mol. The number of aryl methyl sites for hydroxylation is 2. The molecule has 0 radical (unpaired) electrons. The van der Waals surface area contributed by atoms with Crippen LogP contribution in [0.15, 0.2) is 43.0 Å². The molecule has 0 saturated carbocycles. The zero-order valence-electron chi connectivity index (χ0n) is 14.1. The number of nitrogens with one attached hydrogen (secondary N) is 1. The minimum Gasteiger partial charge on any atom is -0.389 e. The van der Waals surface area contributed by atoms with Crippen LogP contribution in [0, 0.1) is 0 Å². The van der Waals surface area contributed by atoms with Crippen molar-refractivity contribution in [2.24, 2.45) is 0 Å². The molecule has 5 nitrogen and oxygen atoms in total. The van der Waals surface area contributed by atoms with Crippen molar-refractivity contribution in [3.05, 3.63) is 54.1 Å². The summed E-state index contributed by atoms with van der Waals surface area (Å²) in [4.78, 5) is 4.02. The monoisotopic (exact) mass is 329 g/mol. The SMILES string of the molecule is O[C@H](CNCCCn1ccnc1)CO[C@@H]1CCCc2ccccc21. The number of imidazole rings is 1. The van der Waals surface area contributed by atoms with Gasteiger partial charge in [-0.25, -0.2) is 4.98 Å². The predicted octanol–water partition coefficient (Wildman–Crippen LogP) is 2.32. The molecule has 0 bridgehead atoms. The molecule has 1 aromatic heterocycles. The Labute approximate surface area is 143 Å². The smallest absolute Gasteiger partial charge is 0.0945 e. The Kier molecular flexibility index (Phi) is 6.41. The molecule has 0 fully saturated rings. The lowest BCUT2D eigenvalue weighted by atomic mass is 9.89. The molecule has 0 saturated heterocycles. The van der Waals surface area contributed by atoms with Crippen molar-refractivity contribution in [3.63, 3.8) is 0 Å². The molecule has 3 rings (SSSR count). The van der Waals surface area contributed by atoms with Gasteiger partial charge in [-0.1, -0.05) is 24.3 Å². The van der Waals surface area contributed by atoms with E-state index in [-0.39, 0.29) is 6.10 Å². The normalized spacial score (nSPS) is 18.3. The van der Waals surface area contributed by atoms with Gasteiger partial charge in [-0.3, -0.25) is 0 Å². The molecular formula is C19H27N3O2. The first-order valence-electron chi connectivity index (χ1n) is 8.87. The lowest BCUT2D eigenvalue weighted by Gasteiger charge is -2.26. The Morgan fingerprint density at radius 1 is 1.38 bits per heavy atom. The highest BCUT2D eigenvalue weighted by Gasteiger charge is 2.21. The van der Waals surface area contributed by atoms with Gasteiger partial charge in [-0.15, -0.1) is 0 Å². The topological polar surface area (TPSA) is 59.3 Å². The minimum absolute atomic E-state index is 0.130. The van der Waals surface area contributed by atoms with Crippen LogP contribution in [-0.2, 0) is 17.7 Å². The summed E-state index contributed by atoms with van der Waals surface area (Å²) >= 11 is 0. The number of hydrogen-bond donors (Lipinski definition) is 2. The molecule has 0 aliphatic heterocycles. The Balaban J connectivity index is 1.32. The molecular weight excluding hydrogens is 302 g/mol. The average molecular weight is 329 g/mol. The second-order valence-electron chi connectivity index (χ2n) is 6.43. The van der Waals surface area contributed by atoms with Crippen LogP contribution in [0.1, 0.15) is 36.5 Å². The molecule has 0 amide bonds. The van der Waals surface area contributed by atoms with E-state index in [1.807, 2.05) is 12.5 Å². The maximum Gasteiger partial charge on any atom is 0.0945 e. The summed E-state index contributed by atoms with van der Waals surface area (Å²) in [6, 6.07) is 8.49. The van der Waals surface area contributed by atoms with Crippen molar-refractivity contribution >= 4 is 0 Å². The molecule has 130 valence electrons. The quantitative estimate of drug-likeness (QED) is 0.693. The van der Waals surface area contributed by atoms with Gasteiger partial charge in [-0.05, 0) is 43.4 Å². The van der Waals surface area contributed by atoms with Crippen molar-refractivity contribution < 1.29 is 9.84 Å². The van der Waals surface area contributed by atoms with Crippen molar-refractivity contribution in [2.45, 2.75) is 44.4 Å². The van der Waals surface area contributed by atoms with E-state index in [1.54, 1.807) is 6.20 Å². The molecule has 2 aromatic rings. The molecule has 0 spiro atoms. The molecule has 5 heteroatoms. The van der Waals surface area contributed by atoms with Crippen LogP contribution < -0.4 is 5.32 Å². The summed E-state index contributed by atoms with van der Waals surface area (Å²) in [7, 11) is 0. The van der Waals surface area contributed by atoms with Gasteiger partial charge in [0, 0.05) is 25.5 Å². The number of rotatable bonds is 9. The van der Waals surface area contributed by atoms with Crippen molar-refractivity contribution in [2.75, 3.05) is 19.7 Å². The number of ether oxygens (including phenoxy) is 1. The van der Waals surface area contributed by atoms with Crippen LogP contribution in [0.5, 0.6) is 0 Å². The molecule has 1 aliphatic rings. The third-order valence-electron chi connectivity index (χ3n) is 4.51. The standard InChI is InChI=1S/C19H27N3O2/c23-17(13-20-9-4-11-22-12-10-21-15-22)14-24-19-8-3-6-16-5-1-2-7-18(16)19/h1-2,5,7,10,12,15,17,19-20,23H,3-4,6,8-9,11,13-14H2/t17-,19-/m1/s1. The van der Waals surface area contributed by atoms with Crippen LogP contribution in [0.4, 0.5) is 0 Å². The van der Waals surface area contributed by atoms with E-state index in [2.05, 4.69) is 39.1 Å². The van der Waals surface area contributed by atoms with E-state index in [1.165, 1.54) is 11.1 Å². The van der Waals surface area contributed by atoms with E-state index in [0.29, 0.717) is 13.2 Å². The zero-order chi connectivity index (χ0) is 16.6. The fraction of sp³-hybridized carbons (Fsp3) is 0.526. The molecule has 24 heavy (non-hydrogen) atoms. The zero-order valence-corrected chi connectivity index (χ0v) is 14.1. The third kappa shape index (κ3) is 4.90. The largest absolute Gasteiger partial charge is 0.389 e. The van der Waals surface area contributed by atoms with Crippen molar-refractivity contribution in [3.8, 4) is 0 Å². The highest BCUT2D eigenvalue weighted by atomic mass is 16.5. The number of aliphatic hydroxyl groups excluding tert-OH is 1. The first kappa shape index (κ1) is 17.1. The number of fused-ring (bicyclic) bond motifs is 1. The van der Waals surface area contributed by atoms with Gasteiger partial charge in [-0.2, -0.15) is 0 Å². The van der Waals surface area contributed by atoms with E-state index in [9.17, 15) is 5.11 Å². The molecule has 0 unspecified atom stereocenters. The molecule has 1 aliphatic carbocycles. The molecule has 2 N–H and O–H groups in total. The summed E-state index contributed by atoms with van der Waals surface area (Å²) in [6.07, 6.45) is 9.59. The summed E-state index contributed by atoms with van der Waals surface area (Å²) in [6.45, 7) is 2.77. The lowest BCUT2D eigenvalue weighted by molar-refractivity contribution is -0.0166. The van der Waals surface area contributed by atoms with E-state index < -0.39 is 6.10 Å². The number of hydrogen-bond acceptors (Lipinski definition) is 4. The van der Waals surface area contributed by atoms with Gasteiger partial charge in [0.15, 0.2) is 0 Å². The third-order valence-corrected chi connectivity index (χ3v) is 4.51. The Morgan fingerprint density at radius 3 is 3.17 bits per heavy atom. The summed E-state index contributed by atoms with van der Waals surface area (Å²) in [5, 5.41) is 13.4. The van der Waals surface area contributed by atoms with Crippen LogP contribution in [0.25, 0.3) is 0 Å². The molecule has 1 aromatic carbocycles. The maximum atomic E-state index is 10.1. The Bertz CT molecular complexity index is 600.